The molecule has 0 bridgehead atoms. The Kier molecular flexibility index (Phi) is 5.55. The molecule has 2 heterocycles. The molecule has 0 atom stereocenters. The van der Waals surface area contributed by atoms with E-state index in [1.807, 2.05) is 0 Å². The summed E-state index contributed by atoms with van der Waals surface area (Å²) in [6.45, 7) is 2.09. The Hall–Kier alpha value is -1.40. The lowest BCUT2D eigenvalue weighted by Gasteiger charge is -2.22. The van der Waals surface area contributed by atoms with Crippen molar-refractivity contribution in [2.24, 2.45) is 5.92 Å². The SMILES string of the molecule is COC(=O)c1sccc1NC(=O)CCC1CCNCC1. The summed E-state index contributed by atoms with van der Waals surface area (Å²) in [5.41, 5.74) is 0.553. The second kappa shape index (κ2) is 7.40. The molecule has 0 radical (unpaired) electrons. The van der Waals surface area contributed by atoms with Gasteiger partial charge in [-0.2, -0.15) is 0 Å². The Morgan fingerprint density at radius 2 is 2.20 bits per heavy atom. The van der Waals surface area contributed by atoms with E-state index in [2.05, 4.69) is 15.4 Å². The average molecular weight is 296 g/mol. The number of hydrogen-bond donors (Lipinski definition) is 2. The summed E-state index contributed by atoms with van der Waals surface area (Å²) in [4.78, 5) is 23.9. The van der Waals surface area contributed by atoms with E-state index in [1.54, 1.807) is 11.4 Å². The lowest BCUT2D eigenvalue weighted by atomic mass is 9.93. The number of anilines is 1. The highest BCUT2D eigenvalue weighted by atomic mass is 32.1. The Balaban J connectivity index is 1.82. The molecule has 2 N–H and O–H groups in total. The number of amides is 1. The first-order valence-electron chi connectivity index (χ1n) is 6.87. The largest absolute Gasteiger partial charge is 0.465 e. The zero-order valence-electron chi connectivity index (χ0n) is 11.6. The topological polar surface area (TPSA) is 67.4 Å². The van der Waals surface area contributed by atoms with Crippen LogP contribution in [0.3, 0.4) is 0 Å². The maximum Gasteiger partial charge on any atom is 0.350 e. The summed E-state index contributed by atoms with van der Waals surface area (Å²) < 4.78 is 4.69. The number of thiophene rings is 1. The fourth-order valence-corrected chi connectivity index (χ4v) is 3.14. The molecule has 20 heavy (non-hydrogen) atoms. The normalized spacial score (nSPS) is 15.8. The summed E-state index contributed by atoms with van der Waals surface area (Å²) in [6.07, 6.45) is 3.69. The number of esters is 1. The molecule has 0 aromatic carbocycles. The van der Waals surface area contributed by atoms with Crippen LogP contribution in [0.4, 0.5) is 5.69 Å². The van der Waals surface area contributed by atoms with Gasteiger partial charge < -0.3 is 15.4 Å². The summed E-state index contributed by atoms with van der Waals surface area (Å²) in [7, 11) is 1.34. The van der Waals surface area contributed by atoms with Crippen LogP contribution in [0.15, 0.2) is 11.4 Å². The Bertz CT molecular complexity index is 467. The van der Waals surface area contributed by atoms with Gasteiger partial charge in [0.15, 0.2) is 0 Å². The van der Waals surface area contributed by atoms with Gasteiger partial charge >= 0.3 is 5.97 Å². The molecule has 110 valence electrons. The van der Waals surface area contributed by atoms with E-state index in [-0.39, 0.29) is 5.91 Å². The minimum absolute atomic E-state index is 0.0351. The first kappa shape index (κ1) is 15.0. The molecule has 0 aliphatic carbocycles. The summed E-state index contributed by atoms with van der Waals surface area (Å²) in [5, 5.41) is 7.89. The number of ether oxygens (including phenoxy) is 1. The van der Waals surface area contributed by atoms with Crippen molar-refractivity contribution in [3.8, 4) is 0 Å². The minimum Gasteiger partial charge on any atom is -0.465 e. The number of nitrogens with one attached hydrogen (secondary N) is 2. The van der Waals surface area contributed by atoms with E-state index in [4.69, 9.17) is 0 Å². The van der Waals surface area contributed by atoms with Crippen molar-refractivity contribution < 1.29 is 14.3 Å². The predicted octanol–water partition coefficient (Wildman–Crippen LogP) is 2.25. The van der Waals surface area contributed by atoms with Crippen molar-refractivity contribution in [2.75, 3.05) is 25.5 Å². The monoisotopic (exact) mass is 296 g/mol. The van der Waals surface area contributed by atoms with Gasteiger partial charge in [-0.15, -0.1) is 11.3 Å². The Morgan fingerprint density at radius 3 is 2.90 bits per heavy atom. The molecular weight excluding hydrogens is 276 g/mol. The van der Waals surface area contributed by atoms with E-state index < -0.39 is 5.97 Å². The van der Waals surface area contributed by atoms with Crippen molar-refractivity contribution in [1.29, 1.82) is 0 Å². The Morgan fingerprint density at radius 1 is 1.45 bits per heavy atom. The van der Waals surface area contributed by atoms with Gasteiger partial charge in [0.05, 0.1) is 12.8 Å². The molecule has 0 unspecified atom stereocenters. The molecule has 2 rings (SSSR count). The maximum absolute atomic E-state index is 11.9. The zero-order chi connectivity index (χ0) is 14.4. The average Bonchev–Trinajstić information content (AvgIpc) is 2.93. The van der Waals surface area contributed by atoms with Crippen LogP contribution >= 0.6 is 11.3 Å². The van der Waals surface area contributed by atoms with E-state index in [0.29, 0.717) is 22.9 Å². The van der Waals surface area contributed by atoms with Crippen molar-refractivity contribution in [2.45, 2.75) is 25.7 Å². The number of hydrogen-bond acceptors (Lipinski definition) is 5. The highest BCUT2D eigenvalue weighted by Crippen LogP contribution is 2.24. The van der Waals surface area contributed by atoms with Gasteiger partial charge in [0.2, 0.25) is 5.91 Å². The predicted molar refractivity (Wildman–Crippen MR) is 79.1 cm³/mol. The molecular formula is C14H20N2O3S. The van der Waals surface area contributed by atoms with Crippen molar-refractivity contribution in [1.82, 2.24) is 5.32 Å². The first-order chi connectivity index (χ1) is 9.70. The second-order valence-corrected chi connectivity index (χ2v) is 5.85. The molecule has 1 fully saturated rings. The van der Waals surface area contributed by atoms with Crippen LogP contribution in [-0.4, -0.2) is 32.1 Å². The lowest BCUT2D eigenvalue weighted by Crippen LogP contribution is -2.28. The molecule has 6 heteroatoms. The zero-order valence-corrected chi connectivity index (χ0v) is 12.4. The third kappa shape index (κ3) is 4.05. The molecule has 0 saturated carbocycles. The van der Waals surface area contributed by atoms with Crippen molar-refractivity contribution in [3.05, 3.63) is 16.3 Å². The van der Waals surface area contributed by atoms with Crippen LogP contribution in [0.1, 0.15) is 35.4 Å². The van der Waals surface area contributed by atoms with Crippen LogP contribution in [0, 0.1) is 5.92 Å². The fraction of sp³-hybridized carbons (Fsp3) is 0.571. The van der Waals surface area contributed by atoms with Crippen LogP contribution in [0.2, 0.25) is 0 Å². The smallest absolute Gasteiger partial charge is 0.350 e. The molecule has 1 aliphatic heterocycles. The van der Waals surface area contributed by atoms with Crippen LogP contribution in [0.5, 0.6) is 0 Å². The number of methoxy groups -OCH3 is 1. The van der Waals surface area contributed by atoms with Gasteiger partial charge in [-0.1, -0.05) is 0 Å². The fourth-order valence-electron chi connectivity index (χ4n) is 2.38. The quantitative estimate of drug-likeness (QED) is 0.818. The highest BCUT2D eigenvalue weighted by Gasteiger charge is 2.17. The van der Waals surface area contributed by atoms with E-state index in [9.17, 15) is 9.59 Å². The van der Waals surface area contributed by atoms with Crippen molar-refractivity contribution in [3.63, 3.8) is 0 Å². The molecule has 1 amide bonds. The number of carbonyl (C=O) groups excluding carboxylic acids is 2. The summed E-state index contributed by atoms with van der Waals surface area (Å²) >= 11 is 1.27. The molecule has 1 saturated heterocycles. The van der Waals surface area contributed by atoms with Crippen LogP contribution < -0.4 is 10.6 Å². The molecule has 1 aromatic heterocycles. The minimum atomic E-state index is -0.409. The van der Waals surface area contributed by atoms with Gasteiger partial charge in [0, 0.05) is 6.42 Å². The number of carbonyl (C=O) groups is 2. The van der Waals surface area contributed by atoms with E-state index >= 15 is 0 Å². The van der Waals surface area contributed by atoms with Crippen LogP contribution in [-0.2, 0) is 9.53 Å². The lowest BCUT2D eigenvalue weighted by molar-refractivity contribution is -0.116. The Labute approximate surface area is 122 Å². The highest BCUT2D eigenvalue weighted by molar-refractivity contribution is 7.12. The van der Waals surface area contributed by atoms with E-state index in [0.717, 1.165) is 32.4 Å². The summed E-state index contributed by atoms with van der Waals surface area (Å²) in [5.74, 6) is 0.185. The molecule has 1 aliphatic rings. The first-order valence-corrected chi connectivity index (χ1v) is 7.75. The maximum atomic E-state index is 11.9. The van der Waals surface area contributed by atoms with Crippen molar-refractivity contribution >= 4 is 28.9 Å². The van der Waals surface area contributed by atoms with Gasteiger partial charge in [-0.25, -0.2) is 4.79 Å². The summed E-state index contributed by atoms with van der Waals surface area (Å²) in [6, 6.07) is 1.74. The van der Waals surface area contributed by atoms with Crippen LogP contribution in [0.25, 0.3) is 0 Å². The molecule has 1 aromatic rings. The standard InChI is InChI=1S/C14H20N2O3S/c1-19-14(18)13-11(6-9-20-13)16-12(17)3-2-10-4-7-15-8-5-10/h6,9-10,15H,2-5,7-8H2,1H3,(H,16,17). The second-order valence-electron chi connectivity index (χ2n) is 4.94. The molecule has 0 spiro atoms. The van der Waals surface area contributed by atoms with Gasteiger partial charge in [0.1, 0.15) is 4.88 Å². The third-order valence-corrected chi connectivity index (χ3v) is 4.44. The van der Waals surface area contributed by atoms with E-state index in [1.165, 1.54) is 18.4 Å². The number of rotatable bonds is 5. The van der Waals surface area contributed by atoms with Gasteiger partial charge in [-0.05, 0) is 49.7 Å². The van der Waals surface area contributed by atoms with Gasteiger partial charge in [-0.3, -0.25) is 4.79 Å². The van der Waals surface area contributed by atoms with Gasteiger partial charge in [0.25, 0.3) is 0 Å². The number of piperidine rings is 1. The molecule has 5 nitrogen and oxygen atoms in total. The third-order valence-electron chi connectivity index (χ3n) is 3.55.